The number of aromatic nitrogens is 2. The molecule has 0 atom stereocenters. The molecule has 126 valence electrons. The minimum atomic E-state index is -0.262. The summed E-state index contributed by atoms with van der Waals surface area (Å²) in [5.74, 6) is 0. The highest BCUT2D eigenvalue weighted by atomic mass is 32.1. The monoisotopic (exact) mass is 344 g/mol. The lowest BCUT2D eigenvalue weighted by Crippen LogP contribution is -2.40. The number of hydrogen-bond acceptors (Lipinski definition) is 4. The third-order valence-electron chi connectivity index (χ3n) is 4.11. The lowest BCUT2D eigenvalue weighted by atomic mass is 10.1. The molecular formula is C18H20N2O3S. The van der Waals surface area contributed by atoms with Gasteiger partial charge in [-0.2, -0.15) is 0 Å². The number of rotatable bonds is 6. The number of nitrogens with zero attached hydrogens (tertiary/aromatic N) is 2. The van der Waals surface area contributed by atoms with Crippen molar-refractivity contribution < 1.29 is 4.74 Å². The van der Waals surface area contributed by atoms with E-state index in [4.69, 9.17) is 4.74 Å². The van der Waals surface area contributed by atoms with Crippen LogP contribution in [0.4, 0.5) is 0 Å². The Morgan fingerprint density at radius 1 is 1.08 bits per heavy atom. The first-order valence-corrected chi connectivity index (χ1v) is 8.75. The molecule has 0 fully saturated rings. The normalized spacial score (nSPS) is 11.2. The highest BCUT2D eigenvalue weighted by Crippen LogP contribution is 2.21. The van der Waals surface area contributed by atoms with Crippen LogP contribution in [0, 0.1) is 6.92 Å². The molecule has 0 N–H and O–H groups in total. The van der Waals surface area contributed by atoms with Crippen molar-refractivity contribution in [3.05, 3.63) is 67.7 Å². The van der Waals surface area contributed by atoms with E-state index in [1.54, 1.807) is 11.7 Å². The summed E-state index contributed by atoms with van der Waals surface area (Å²) in [6, 6.07) is 9.88. The van der Waals surface area contributed by atoms with Gasteiger partial charge in [0.1, 0.15) is 4.83 Å². The Kier molecular flexibility index (Phi) is 4.97. The van der Waals surface area contributed by atoms with Gasteiger partial charge in [-0.1, -0.05) is 30.3 Å². The second kappa shape index (κ2) is 7.15. The third kappa shape index (κ3) is 3.07. The van der Waals surface area contributed by atoms with Crippen molar-refractivity contribution >= 4 is 21.6 Å². The summed E-state index contributed by atoms with van der Waals surface area (Å²) < 4.78 is 8.12. The Labute approximate surface area is 143 Å². The molecule has 0 radical (unpaired) electrons. The number of methoxy groups -OCH3 is 1. The van der Waals surface area contributed by atoms with Crippen molar-refractivity contribution in [1.82, 2.24) is 9.13 Å². The van der Waals surface area contributed by atoms with Crippen LogP contribution >= 0.6 is 11.3 Å². The van der Waals surface area contributed by atoms with E-state index >= 15 is 0 Å². The fraction of sp³-hybridized carbons (Fsp3) is 0.333. The average molecular weight is 344 g/mol. The van der Waals surface area contributed by atoms with Crippen LogP contribution in [0.1, 0.15) is 11.1 Å². The van der Waals surface area contributed by atoms with Crippen LogP contribution in [0.15, 0.2) is 45.3 Å². The predicted molar refractivity (Wildman–Crippen MR) is 97.1 cm³/mol. The van der Waals surface area contributed by atoms with Crippen molar-refractivity contribution in [2.45, 2.75) is 26.4 Å². The Morgan fingerprint density at radius 3 is 2.54 bits per heavy atom. The number of ether oxygens (including phenoxy) is 1. The number of aryl methyl sites for hydroxylation is 2. The van der Waals surface area contributed by atoms with Gasteiger partial charge in [0, 0.05) is 13.7 Å². The first-order valence-electron chi connectivity index (χ1n) is 7.87. The smallest absolute Gasteiger partial charge is 0.332 e. The molecule has 0 amide bonds. The van der Waals surface area contributed by atoms with Crippen LogP contribution in [0.25, 0.3) is 10.2 Å². The van der Waals surface area contributed by atoms with Crippen molar-refractivity contribution in [3.8, 4) is 0 Å². The molecule has 0 spiro atoms. The van der Waals surface area contributed by atoms with Crippen LogP contribution in [0.2, 0.25) is 0 Å². The number of benzene rings is 1. The van der Waals surface area contributed by atoms with Gasteiger partial charge in [0.15, 0.2) is 0 Å². The zero-order chi connectivity index (χ0) is 17.1. The van der Waals surface area contributed by atoms with Gasteiger partial charge >= 0.3 is 5.69 Å². The molecule has 2 heterocycles. The number of hydrogen-bond donors (Lipinski definition) is 0. The molecule has 0 unspecified atom stereocenters. The number of fused-ring (bicyclic) bond motifs is 1. The van der Waals surface area contributed by atoms with Crippen LogP contribution in [-0.2, 0) is 24.2 Å². The van der Waals surface area contributed by atoms with E-state index in [0.717, 1.165) is 16.0 Å². The van der Waals surface area contributed by atoms with Crippen LogP contribution in [0.3, 0.4) is 0 Å². The lowest BCUT2D eigenvalue weighted by Gasteiger charge is -2.12. The van der Waals surface area contributed by atoms with Crippen molar-refractivity contribution in [1.29, 1.82) is 0 Å². The first kappa shape index (κ1) is 16.7. The minimum Gasteiger partial charge on any atom is -0.383 e. The van der Waals surface area contributed by atoms with Crippen LogP contribution < -0.4 is 11.2 Å². The zero-order valence-corrected chi connectivity index (χ0v) is 14.6. The summed E-state index contributed by atoms with van der Waals surface area (Å²) in [6.45, 7) is 3.16. The van der Waals surface area contributed by atoms with Gasteiger partial charge in [0.25, 0.3) is 5.56 Å². The Hall–Kier alpha value is -2.18. The molecule has 3 aromatic rings. The Bertz CT molecular complexity index is 954. The van der Waals surface area contributed by atoms with Gasteiger partial charge in [0.2, 0.25) is 0 Å². The molecule has 5 nitrogen and oxygen atoms in total. The summed E-state index contributed by atoms with van der Waals surface area (Å²) >= 11 is 1.44. The van der Waals surface area contributed by atoms with Crippen molar-refractivity contribution in [2.24, 2.45) is 0 Å². The van der Waals surface area contributed by atoms with Gasteiger partial charge in [-0.15, -0.1) is 11.3 Å². The van der Waals surface area contributed by atoms with Gasteiger partial charge in [0.05, 0.1) is 18.5 Å². The van der Waals surface area contributed by atoms with Gasteiger partial charge in [-0.05, 0) is 29.9 Å². The lowest BCUT2D eigenvalue weighted by molar-refractivity contribution is 0.186. The second-order valence-electron chi connectivity index (χ2n) is 5.72. The van der Waals surface area contributed by atoms with E-state index in [9.17, 15) is 9.59 Å². The highest BCUT2D eigenvalue weighted by Gasteiger charge is 2.16. The minimum absolute atomic E-state index is 0.196. The molecule has 0 saturated heterocycles. The second-order valence-corrected chi connectivity index (χ2v) is 6.58. The zero-order valence-electron chi connectivity index (χ0n) is 13.8. The van der Waals surface area contributed by atoms with Gasteiger partial charge < -0.3 is 4.74 Å². The summed E-state index contributed by atoms with van der Waals surface area (Å²) in [4.78, 5) is 26.4. The Balaban J connectivity index is 2.07. The fourth-order valence-electron chi connectivity index (χ4n) is 2.81. The molecule has 24 heavy (non-hydrogen) atoms. The van der Waals surface area contributed by atoms with E-state index in [1.807, 2.05) is 42.6 Å². The molecule has 0 aliphatic rings. The molecule has 0 bridgehead atoms. The third-order valence-corrected chi connectivity index (χ3v) is 5.23. The molecular weight excluding hydrogens is 324 g/mol. The van der Waals surface area contributed by atoms with E-state index < -0.39 is 0 Å². The van der Waals surface area contributed by atoms with Crippen molar-refractivity contribution in [2.75, 3.05) is 13.7 Å². The largest absolute Gasteiger partial charge is 0.383 e. The summed E-state index contributed by atoms with van der Waals surface area (Å²) in [5, 5.41) is 2.57. The SMILES string of the molecule is COCCn1c(=O)n(CCc2ccccc2)c(=O)c2c(C)csc21. The van der Waals surface area contributed by atoms with E-state index in [1.165, 1.54) is 15.9 Å². The molecule has 1 aromatic carbocycles. The van der Waals surface area contributed by atoms with E-state index in [0.29, 0.717) is 31.5 Å². The van der Waals surface area contributed by atoms with E-state index in [2.05, 4.69) is 0 Å². The molecule has 0 aliphatic carbocycles. The maximum atomic E-state index is 12.8. The van der Waals surface area contributed by atoms with E-state index in [-0.39, 0.29) is 11.2 Å². The molecule has 0 saturated carbocycles. The molecule has 3 rings (SSSR count). The summed E-state index contributed by atoms with van der Waals surface area (Å²) in [6.07, 6.45) is 0.648. The molecule has 6 heteroatoms. The quantitative estimate of drug-likeness (QED) is 0.690. The highest BCUT2D eigenvalue weighted by molar-refractivity contribution is 7.17. The average Bonchev–Trinajstić information content (AvgIpc) is 2.97. The molecule has 0 aliphatic heterocycles. The predicted octanol–water partition coefficient (Wildman–Crippen LogP) is 2.42. The van der Waals surface area contributed by atoms with Crippen molar-refractivity contribution in [3.63, 3.8) is 0 Å². The Morgan fingerprint density at radius 2 is 1.83 bits per heavy atom. The maximum Gasteiger partial charge on any atom is 0.332 e. The standard InChI is InChI=1S/C18H20N2O3S/c1-13-12-24-17-15(13)16(21)19(18(22)20(17)10-11-23-2)9-8-14-6-4-3-5-7-14/h3-7,12H,8-11H2,1-2H3. The van der Waals surface area contributed by atoms with Crippen LogP contribution in [-0.4, -0.2) is 22.9 Å². The summed E-state index contributed by atoms with van der Waals surface area (Å²) in [5.41, 5.74) is 1.56. The fourth-order valence-corrected chi connectivity index (χ4v) is 3.88. The topological polar surface area (TPSA) is 53.2 Å². The van der Waals surface area contributed by atoms with Crippen LogP contribution in [0.5, 0.6) is 0 Å². The first-order chi connectivity index (χ1) is 11.6. The van der Waals surface area contributed by atoms with Gasteiger partial charge in [-0.3, -0.25) is 13.9 Å². The summed E-state index contributed by atoms with van der Waals surface area (Å²) in [7, 11) is 1.60. The maximum absolute atomic E-state index is 12.8. The molecule has 2 aromatic heterocycles. The van der Waals surface area contributed by atoms with Gasteiger partial charge in [-0.25, -0.2) is 4.79 Å². The number of thiophene rings is 1.